The maximum atomic E-state index is 8.07. The Morgan fingerprint density at radius 1 is 2.00 bits per heavy atom. The minimum absolute atomic E-state index is 0.734. The molecule has 1 nitrogen and oxygen atoms in total. The van der Waals surface area contributed by atoms with Gasteiger partial charge >= 0.3 is 0 Å². The summed E-state index contributed by atoms with van der Waals surface area (Å²) in [5, 5.41) is 0. The highest BCUT2D eigenvalue weighted by Gasteiger charge is 1.72. The van der Waals surface area contributed by atoms with Crippen LogP contribution in [0.5, 0.6) is 0 Å². The van der Waals surface area contributed by atoms with Gasteiger partial charge in [-0.15, -0.1) is 0 Å². The van der Waals surface area contributed by atoms with Gasteiger partial charge in [0.05, 0.1) is 0 Å². The van der Waals surface area contributed by atoms with E-state index in [-0.39, 0.29) is 0 Å². The van der Waals surface area contributed by atoms with E-state index in [1.807, 2.05) is 22.0 Å². The predicted molar refractivity (Wildman–Crippen MR) is 32.9 cm³/mol. The fourth-order valence-corrected chi connectivity index (χ4v) is 0. The van der Waals surface area contributed by atoms with Crippen LogP contribution in [0.4, 0.5) is 0 Å². The molecule has 0 aromatic heterocycles. The van der Waals surface area contributed by atoms with E-state index in [0.717, 1.165) is 0 Å². The lowest BCUT2D eigenvalue weighted by atomic mass is 15.9. The molecule has 0 radical (unpaired) electrons. The Bertz CT molecular complexity index is 10.8. The molecular weight excluding hydrogens is 205 g/mol. The molecule has 0 rings (SSSR count). The second-order valence-electron chi connectivity index (χ2n) is 0.289. The average Bonchev–Trinajstić information content (AvgIpc) is 0.811. The summed E-state index contributed by atoms with van der Waals surface area (Å²) >= 11 is 1.93. The fourth-order valence-electron chi connectivity index (χ4n) is 0. The topological polar surface area (TPSA) is 20.2 Å². The van der Waals surface area contributed by atoms with Crippen molar-refractivity contribution in [1.82, 2.24) is 0 Å². The maximum Gasteiger partial charge on any atom is 0.107 e. The molecule has 0 aromatic rings. The van der Waals surface area contributed by atoms with Gasteiger partial charge in [-0.1, -0.05) is 8.93 Å². The molecule has 0 fully saturated rings. The van der Waals surface area contributed by atoms with Crippen LogP contribution >= 0.6 is 36.4 Å². The Hall–Kier alpha value is 1.55. The Labute approximate surface area is 41.6 Å². The van der Waals surface area contributed by atoms with Gasteiger partial charge < -0.3 is 4.89 Å². The van der Waals surface area contributed by atoms with Crippen LogP contribution in [-0.2, 0) is 0 Å². The smallest absolute Gasteiger partial charge is 0.107 e. The van der Waals surface area contributed by atoms with Crippen LogP contribution in [0.1, 0.15) is 0 Å². The van der Waals surface area contributed by atoms with E-state index in [2.05, 4.69) is 8.93 Å². The van der Waals surface area contributed by atoms with Gasteiger partial charge in [-0.25, -0.2) is 0 Å². The molecule has 0 bridgehead atoms. The third kappa shape index (κ3) is 9.61. The Balaban J connectivity index is 2.32. The first-order valence-corrected chi connectivity index (χ1v) is 6.33. The third-order valence-electron chi connectivity index (χ3n) is 0. The van der Waals surface area contributed by atoms with Crippen molar-refractivity contribution < 1.29 is 4.89 Å². The summed E-state index contributed by atoms with van der Waals surface area (Å²) in [6, 6.07) is 0. The molecule has 0 aliphatic carbocycles. The zero-order chi connectivity index (χ0) is 3.58. The minimum Gasteiger partial charge on any atom is -0.360 e. The third-order valence-corrected chi connectivity index (χ3v) is 0. The van der Waals surface area contributed by atoms with Crippen LogP contribution in [0, 0.1) is 0 Å². The molecule has 2 unspecified atom stereocenters. The summed E-state index contributed by atoms with van der Waals surface area (Å²) in [6.45, 7) is 0. The van der Waals surface area contributed by atoms with Crippen molar-refractivity contribution in [2.75, 3.05) is 0 Å². The number of hydrogen-bond acceptors (Lipinski definition) is 1. The van der Waals surface area contributed by atoms with Gasteiger partial charge in [0.1, 0.15) is 5.48 Å². The fraction of sp³-hybridized carbons (Fsp3) is 0. The number of rotatable bonds is 0. The van der Waals surface area contributed by atoms with Crippen LogP contribution < -0.4 is 0 Å². The van der Waals surface area contributed by atoms with Crippen molar-refractivity contribution in [3.05, 3.63) is 0 Å². The van der Waals surface area contributed by atoms with Gasteiger partial charge in [-0.2, -0.15) is 0 Å². The number of halogens is 1. The summed E-state index contributed by atoms with van der Waals surface area (Å²) in [5.41, 5.74) is -0.734. The zero-order valence-corrected chi connectivity index (χ0v) is 6.06. The molecule has 0 spiro atoms. The lowest BCUT2D eigenvalue weighted by Gasteiger charge is -1.76. The SMILES string of the molecule is OP(P)I. The molecule has 0 aliphatic heterocycles. The standard InChI is InChI=1S/H3IOP2/c1-4(2)3/h2H,3H2. The van der Waals surface area contributed by atoms with Crippen LogP contribution in [0.15, 0.2) is 0 Å². The quantitative estimate of drug-likeness (QED) is 0.472. The molecule has 26 valence electrons. The Morgan fingerprint density at radius 2 is 2.00 bits per heavy atom. The monoisotopic (exact) mass is 208 g/mol. The highest BCUT2D eigenvalue weighted by Crippen LogP contribution is 2.47. The summed E-state index contributed by atoms with van der Waals surface area (Å²) in [4.78, 5) is 8.07. The highest BCUT2D eigenvalue weighted by molar-refractivity contribution is 14.2. The van der Waals surface area contributed by atoms with E-state index < -0.39 is 5.48 Å². The summed E-state index contributed by atoms with van der Waals surface area (Å²) in [5.74, 6) is 0. The van der Waals surface area contributed by atoms with Crippen LogP contribution in [-0.4, -0.2) is 4.89 Å². The molecule has 0 amide bonds. The lowest BCUT2D eigenvalue weighted by Crippen LogP contribution is -1.20. The molecule has 4 heteroatoms. The van der Waals surface area contributed by atoms with E-state index in [4.69, 9.17) is 4.89 Å². The largest absolute Gasteiger partial charge is 0.360 e. The lowest BCUT2D eigenvalue weighted by molar-refractivity contribution is 0.658. The van der Waals surface area contributed by atoms with Gasteiger partial charge in [0, 0.05) is 0 Å². The Kier molecular flexibility index (Phi) is 3.84. The Morgan fingerprint density at radius 3 is 2.00 bits per heavy atom. The summed E-state index contributed by atoms with van der Waals surface area (Å²) < 4.78 is 0. The van der Waals surface area contributed by atoms with Crippen molar-refractivity contribution in [3.63, 3.8) is 0 Å². The van der Waals surface area contributed by atoms with Crippen LogP contribution in [0.3, 0.4) is 0 Å². The van der Waals surface area contributed by atoms with Crippen molar-refractivity contribution in [3.8, 4) is 0 Å². The van der Waals surface area contributed by atoms with Gasteiger partial charge in [-0.3, -0.25) is 0 Å². The second-order valence-corrected chi connectivity index (χ2v) is 8.45. The van der Waals surface area contributed by atoms with Crippen LogP contribution in [0.2, 0.25) is 0 Å². The molecule has 0 saturated carbocycles. The van der Waals surface area contributed by atoms with E-state index in [1.54, 1.807) is 0 Å². The first kappa shape index (κ1) is 5.55. The summed E-state index contributed by atoms with van der Waals surface area (Å²) in [6.07, 6.45) is 0. The predicted octanol–water partition coefficient (Wildman–Crippen LogP) is 1.52. The molecule has 0 aliphatic rings. The summed E-state index contributed by atoms with van der Waals surface area (Å²) in [7, 11) is 2.26. The van der Waals surface area contributed by atoms with Crippen molar-refractivity contribution in [1.29, 1.82) is 0 Å². The molecule has 4 heavy (non-hydrogen) atoms. The van der Waals surface area contributed by atoms with Crippen LogP contribution in [0.25, 0.3) is 0 Å². The molecule has 0 aromatic carbocycles. The normalized spacial score (nSPS) is 15.8. The van der Waals surface area contributed by atoms with Gasteiger partial charge in [0.2, 0.25) is 0 Å². The van der Waals surface area contributed by atoms with Crippen molar-refractivity contribution in [2.24, 2.45) is 0 Å². The van der Waals surface area contributed by atoms with E-state index in [9.17, 15) is 0 Å². The van der Waals surface area contributed by atoms with Crippen molar-refractivity contribution >= 4 is 36.4 Å². The maximum absolute atomic E-state index is 8.07. The molecule has 0 heterocycles. The van der Waals surface area contributed by atoms with Gasteiger partial charge in [-0.05, 0) is 22.0 Å². The van der Waals surface area contributed by atoms with Crippen molar-refractivity contribution in [2.45, 2.75) is 0 Å². The second kappa shape index (κ2) is 2.77. The first-order valence-electron chi connectivity index (χ1n) is 0.627. The van der Waals surface area contributed by atoms with Gasteiger partial charge in [0.25, 0.3) is 0 Å². The minimum atomic E-state index is -0.734. The number of hydrogen-bond donors (Lipinski definition) is 1. The highest BCUT2D eigenvalue weighted by atomic mass is 127. The molecule has 2 atom stereocenters. The van der Waals surface area contributed by atoms with E-state index >= 15 is 0 Å². The zero-order valence-electron chi connectivity index (χ0n) is 1.85. The molecular formula is H3IOP2. The molecule has 0 saturated heterocycles. The average molecular weight is 208 g/mol. The van der Waals surface area contributed by atoms with Gasteiger partial charge in [0.15, 0.2) is 0 Å². The molecule has 1 N–H and O–H groups in total. The van der Waals surface area contributed by atoms with E-state index in [0.29, 0.717) is 0 Å². The first-order chi connectivity index (χ1) is 1.73. The van der Waals surface area contributed by atoms with E-state index in [1.165, 1.54) is 0 Å².